The fraction of sp³-hybridized carbons (Fsp3) is 0.500. The van der Waals surface area contributed by atoms with E-state index in [2.05, 4.69) is 21.1 Å². The van der Waals surface area contributed by atoms with Crippen molar-refractivity contribution in [3.05, 3.63) is 44.2 Å². The third-order valence-electron chi connectivity index (χ3n) is 4.83. The number of rotatable bonds is 1. The molecule has 1 aromatic carbocycles. The summed E-state index contributed by atoms with van der Waals surface area (Å²) < 4.78 is 18.2. The second-order valence-electron chi connectivity index (χ2n) is 8.14. The average molecular weight is 470 g/mol. The first-order valence-corrected chi connectivity index (χ1v) is 10.5. The summed E-state index contributed by atoms with van der Waals surface area (Å²) in [7, 11) is 0. The van der Waals surface area contributed by atoms with Crippen molar-refractivity contribution in [3.8, 4) is 5.75 Å². The number of halogens is 2. The fourth-order valence-electron chi connectivity index (χ4n) is 3.57. The molecule has 0 bridgehead atoms. The first-order chi connectivity index (χ1) is 13.2. The van der Waals surface area contributed by atoms with Crippen LogP contribution in [0.5, 0.6) is 5.75 Å². The highest BCUT2D eigenvalue weighted by Crippen LogP contribution is 2.42. The maximum atomic E-state index is 12.5. The number of aromatic nitrogens is 1. The van der Waals surface area contributed by atoms with Crippen molar-refractivity contribution >= 4 is 33.6 Å². The van der Waals surface area contributed by atoms with Crippen LogP contribution >= 0.6 is 27.5 Å². The Kier molecular flexibility index (Phi) is 5.08. The molecule has 3 heterocycles. The molecule has 2 aromatic rings. The van der Waals surface area contributed by atoms with E-state index in [0.29, 0.717) is 30.3 Å². The van der Waals surface area contributed by atoms with Gasteiger partial charge in [-0.1, -0.05) is 16.8 Å². The highest BCUT2D eigenvalue weighted by atomic mass is 79.9. The molecule has 8 heteroatoms. The van der Waals surface area contributed by atoms with Crippen molar-refractivity contribution in [1.82, 2.24) is 10.1 Å². The number of benzene rings is 1. The molecule has 1 aromatic heterocycles. The van der Waals surface area contributed by atoms with Crippen LogP contribution in [0.1, 0.15) is 55.9 Å². The first kappa shape index (κ1) is 19.6. The molecule has 0 spiro atoms. The second kappa shape index (κ2) is 7.26. The van der Waals surface area contributed by atoms with E-state index in [0.717, 1.165) is 39.9 Å². The van der Waals surface area contributed by atoms with E-state index in [1.165, 1.54) is 0 Å². The number of hydrogen-bond acceptors (Lipinski definition) is 5. The monoisotopic (exact) mass is 468 g/mol. The summed E-state index contributed by atoms with van der Waals surface area (Å²) in [5.41, 5.74) is 2.35. The number of nitrogens with zero attached hydrogens (tertiary/aromatic N) is 2. The Hall–Kier alpha value is -1.73. The van der Waals surface area contributed by atoms with Gasteiger partial charge in [-0.3, -0.25) is 0 Å². The van der Waals surface area contributed by atoms with Gasteiger partial charge in [-0.05, 0) is 67.2 Å². The lowest BCUT2D eigenvalue weighted by Gasteiger charge is -2.31. The van der Waals surface area contributed by atoms with E-state index in [9.17, 15) is 4.79 Å². The van der Waals surface area contributed by atoms with Gasteiger partial charge in [0.25, 0.3) is 0 Å². The maximum absolute atomic E-state index is 12.5. The van der Waals surface area contributed by atoms with Gasteiger partial charge < -0.3 is 18.9 Å². The molecule has 1 amide bonds. The van der Waals surface area contributed by atoms with Gasteiger partial charge in [0.1, 0.15) is 11.4 Å². The topological polar surface area (TPSA) is 64.8 Å². The number of hydrogen-bond donors (Lipinski definition) is 0. The van der Waals surface area contributed by atoms with Gasteiger partial charge >= 0.3 is 6.09 Å². The van der Waals surface area contributed by atoms with E-state index >= 15 is 0 Å². The molecule has 6 nitrogen and oxygen atoms in total. The molecular formula is C20H22BrClN2O4. The van der Waals surface area contributed by atoms with Crippen LogP contribution in [0.4, 0.5) is 4.79 Å². The molecule has 2 aliphatic heterocycles. The summed E-state index contributed by atoms with van der Waals surface area (Å²) in [5.74, 6) is 1.47. The zero-order valence-electron chi connectivity index (χ0n) is 16.1. The molecule has 2 aliphatic rings. The summed E-state index contributed by atoms with van der Waals surface area (Å²) in [4.78, 5) is 14.2. The number of carbonyl (C=O) groups is 1. The van der Waals surface area contributed by atoms with Crippen LogP contribution in [0.25, 0.3) is 0 Å². The lowest BCUT2D eigenvalue weighted by atomic mass is 9.97. The van der Waals surface area contributed by atoms with Crippen LogP contribution in [0.15, 0.2) is 21.1 Å². The molecule has 0 saturated carbocycles. The Morgan fingerprint density at radius 1 is 1.36 bits per heavy atom. The molecule has 1 atom stereocenters. The van der Waals surface area contributed by atoms with Crippen molar-refractivity contribution in [3.63, 3.8) is 0 Å². The normalized spacial score (nSPS) is 18.9. The van der Waals surface area contributed by atoms with Crippen molar-refractivity contribution in [2.24, 2.45) is 0 Å². The minimum absolute atomic E-state index is 0.250. The summed E-state index contributed by atoms with van der Waals surface area (Å²) in [6.07, 6.45) is 1.65. The van der Waals surface area contributed by atoms with E-state index in [-0.39, 0.29) is 12.2 Å². The van der Waals surface area contributed by atoms with E-state index < -0.39 is 5.60 Å². The Morgan fingerprint density at radius 2 is 2.14 bits per heavy atom. The quantitative estimate of drug-likeness (QED) is 0.556. The second-order valence-corrected chi connectivity index (χ2v) is 9.44. The van der Waals surface area contributed by atoms with Gasteiger partial charge in [-0.2, -0.15) is 0 Å². The van der Waals surface area contributed by atoms with Crippen molar-refractivity contribution in [1.29, 1.82) is 0 Å². The molecule has 0 saturated heterocycles. The third-order valence-corrected chi connectivity index (χ3v) is 5.64. The zero-order valence-corrected chi connectivity index (χ0v) is 18.4. The maximum Gasteiger partial charge on any atom is 0.410 e. The lowest BCUT2D eigenvalue weighted by molar-refractivity contribution is 0.0221. The molecule has 4 rings (SSSR count). The third kappa shape index (κ3) is 3.87. The summed E-state index contributed by atoms with van der Waals surface area (Å²) in [5, 5.41) is 4.90. The van der Waals surface area contributed by atoms with E-state index in [1.807, 2.05) is 32.9 Å². The molecule has 0 aliphatic carbocycles. The molecule has 150 valence electrons. The smallest absolute Gasteiger partial charge is 0.410 e. The summed E-state index contributed by atoms with van der Waals surface area (Å²) in [6.45, 7) is 6.57. The number of ether oxygens (including phenoxy) is 2. The van der Waals surface area contributed by atoms with Gasteiger partial charge in [-0.25, -0.2) is 4.79 Å². The Bertz CT molecular complexity index is 922. The summed E-state index contributed by atoms with van der Waals surface area (Å²) in [6, 6.07) is 3.75. The van der Waals surface area contributed by atoms with Gasteiger partial charge in [0.15, 0.2) is 11.9 Å². The molecule has 0 fully saturated rings. The molecule has 28 heavy (non-hydrogen) atoms. The van der Waals surface area contributed by atoms with Crippen LogP contribution in [-0.4, -0.2) is 28.3 Å². The summed E-state index contributed by atoms with van der Waals surface area (Å²) >= 11 is 9.67. The SMILES string of the molecule is CC(C)(C)OC(=O)N1CCc2noc([C@H]3CCc4cc(Cl)cc(Br)c4O3)c2C1. The minimum atomic E-state index is -0.529. The van der Waals surface area contributed by atoms with Gasteiger partial charge in [0, 0.05) is 23.6 Å². The highest BCUT2D eigenvalue weighted by Gasteiger charge is 2.34. The van der Waals surface area contributed by atoms with Crippen LogP contribution in [0, 0.1) is 0 Å². The van der Waals surface area contributed by atoms with Crippen LogP contribution < -0.4 is 4.74 Å². The minimum Gasteiger partial charge on any atom is -0.481 e. The molecule has 0 unspecified atom stereocenters. The average Bonchev–Trinajstić information content (AvgIpc) is 3.03. The fourth-order valence-corrected chi connectivity index (χ4v) is 4.54. The van der Waals surface area contributed by atoms with Crippen molar-refractivity contribution in [2.45, 2.75) is 58.3 Å². The first-order valence-electron chi connectivity index (χ1n) is 9.31. The van der Waals surface area contributed by atoms with Crippen molar-refractivity contribution < 1.29 is 18.8 Å². The predicted molar refractivity (Wildman–Crippen MR) is 108 cm³/mol. The van der Waals surface area contributed by atoms with E-state index in [1.54, 1.807) is 4.90 Å². The standard InChI is InChI=1S/C20H22BrClN2O4/c1-20(2,3)27-19(25)24-7-6-15-13(10-24)18(28-23-15)16-5-4-11-8-12(22)9-14(21)17(11)26-16/h8-9,16H,4-7,10H2,1-3H3/t16-/m1/s1. The number of aryl methyl sites for hydroxylation is 1. The lowest BCUT2D eigenvalue weighted by Crippen LogP contribution is -2.40. The molecular weight excluding hydrogens is 448 g/mol. The van der Waals surface area contributed by atoms with Gasteiger partial charge in [0.05, 0.1) is 16.7 Å². The number of amides is 1. The molecule has 0 N–H and O–H groups in total. The van der Waals surface area contributed by atoms with Gasteiger partial charge in [-0.15, -0.1) is 0 Å². The Morgan fingerprint density at radius 3 is 2.89 bits per heavy atom. The largest absolute Gasteiger partial charge is 0.481 e. The van der Waals surface area contributed by atoms with E-state index in [4.69, 9.17) is 25.6 Å². The zero-order chi connectivity index (χ0) is 20.1. The van der Waals surface area contributed by atoms with Gasteiger partial charge in [0.2, 0.25) is 0 Å². The number of carbonyl (C=O) groups excluding carboxylic acids is 1. The highest BCUT2D eigenvalue weighted by molar-refractivity contribution is 9.10. The Labute approximate surface area is 177 Å². The van der Waals surface area contributed by atoms with Crippen LogP contribution in [0.3, 0.4) is 0 Å². The van der Waals surface area contributed by atoms with Crippen molar-refractivity contribution in [2.75, 3.05) is 6.54 Å². The molecule has 0 radical (unpaired) electrons. The van der Waals surface area contributed by atoms with Crippen LogP contribution in [0.2, 0.25) is 5.02 Å². The Balaban J connectivity index is 1.56. The van der Waals surface area contributed by atoms with Crippen LogP contribution in [-0.2, 0) is 24.1 Å². The number of fused-ring (bicyclic) bond motifs is 2. The predicted octanol–water partition coefficient (Wildman–Crippen LogP) is 5.45.